The lowest BCUT2D eigenvalue weighted by molar-refractivity contribution is 0.414. The Bertz CT molecular complexity index is 787. The molecule has 2 atom stereocenters. The van der Waals surface area contributed by atoms with Crippen LogP contribution in [-0.2, 0) is 6.42 Å². The van der Waals surface area contributed by atoms with Crippen LogP contribution in [-0.4, -0.2) is 27.2 Å². The predicted octanol–water partition coefficient (Wildman–Crippen LogP) is 4.17. The predicted molar refractivity (Wildman–Crippen MR) is 101 cm³/mol. The molecular formula is C18H22N2O2S2. The molecular weight excluding hydrogens is 340 g/mol. The second-order valence-electron chi connectivity index (χ2n) is 5.98. The largest absolute Gasteiger partial charge is 0.497 e. The van der Waals surface area contributed by atoms with E-state index in [4.69, 9.17) is 9.72 Å². The van der Waals surface area contributed by atoms with Gasteiger partial charge in [0.1, 0.15) is 5.75 Å². The molecule has 0 bridgehead atoms. The number of thioether (sulfide) groups is 2. The molecule has 24 heavy (non-hydrogen) atoms. The van der Waals surface area contributed by atoms with Gasteiger partial charge in [-0.1, -0.05) is 32.5 Å². The number of ether oxygens (including phenoxy) is 1. The number of nitrogens with zero attached hydrogens (tertiary/aromatic N) is 2. The molecule has 0 aliphatic carbocycles. The SMILES string of the molecule is CCC(C)Sc1nc2c(c(=O)n1-c1ccc(OC)cc1)SC(C)C2. The van der Waals surface area contributed by atoms with Gasteiger partial charge in [0, 0.05) is 16.9 Å². The van der Waals surface area contributed by atoms with Crippen LogP contribution in [0.25, 0.3) is 5.69 Å². The quantitative estimate of drug-likeness (QED) is 0.590. The molecule has 0 N–H and O–H groups in total. The Morgan fingerprint density at radius 1 is 1.42 bits per heavy atom. The molecule has 0 fully saturated rings. The van der Waals surface area contributed by atoms with E-state index in [2.05, 4.69) is 20.8 Å². The molecule has 1 aliphatic rings. The third-order valence-corrected chi connectivity index (χ3v) is 6.53. The second-order valence-corrected chi connectivity index (χ2v) is 8.83. The molecule has 128 valence electrons. The van der Waals surface area contributed by atoms with Crippen molar-refractivity contribution in [1.29, 1.82) is 0 Å². The van der Waals surface area contributed by atoms with Crippen LogP contribution in [0.3, 0.4) is 0 Å². The number of aromatic nitrogens is 2. The summed E-state index contributed by atoms with van der Waals surface area (Å²) >= 11 is 3.31. The number of fused-ring (bicyclic) bond motifs is 1. The van der Waals surface area contributed by atoms with E-state index in [1.54, 1.807) is 35.2 Å². The van der Waals surface area contributed by atoms with E-state index in [-0.39, 0.29) is 5.56 Å². The van der Waals surface area contributed by atoms with Gasteiger partial charge in [0.05, 0.1) is 23.4 Å². The van der Waals surface area contributed by atoms with Gasteiger partial charge in [-0.15, -0.1) is 11.8 Å². The van der Waals surface area contributed by atoms with E-state index in [1.165, 1.54) is 0 Å². The number of methoxy groups -OCH3 is 1. The first-order chi connectivity index (χ1) is 11.5. The summed E-state index contributed by atoms with van der Waals surface area (Å²) in [5, 5.41) is 1.60. The smallest absolute Gasteiger partial charge is 0.272 e. The Balaban J connectivity index is 2.14. The zero-order chi connectivity index (χ0) is 17.3. The number of hydrogen-bond acceptors (Lipinski definition) is 5. The minimum absolute atomic E-state index is 0.0466. The van der Waals surface area contributed by atoms with Crippen molar-refractivity contribution >= 4 is 23.5 Å². The first-order valence-corrected chi connectivity index (χ1v) is 9.93. The van der Waals surface area contributed by atoms with Crippen molar-refractivity contribution < 1.29 is 4.74 Å². The minimum Gasteiger partial charge on any atom is -0.497 e. The van der Waals surface area contributed by atoms with Crippen LogP contribution in [0.1, 0.15) is 32.9 Å². The lowest BCUT2D eigenvalue weighted by Crippen LogP contribution is -2.24. The molecule has 1 aromatic heterocycles. The maximum atomic E-state index is 13.1. The highest BCUT2D eigenvalue weighted by Gasteiger charge is 2.27. The van der Waals surface area contributed by atoms with Crippen LogP contribution >= 0.6 is 23.5 Å². The Kier molecular flexibility index (Phi) is 5.25. The van der Waals surface area contributed by atoms with Gasteiger partial charge in [-0.3, -0.25) is 9.36 Å². The third-order valence-electron chi connectivity index (χ3n) is 4.09. The van der Waals surface area contributed by atoms with Crippen LogP contribution in [0.4, 0.5) is 0 Å². The Morgan fingerprint density at radius 3 is 2.75 bits per heavy atom. The van der Waals surface area contributed by atoms with Gasteiger partial charge in [0.2, 0.25) is 0 Å². The minimum atomic E-state index is 0.0466. The summed E-state index contributed by atoms with van der Waals surface area (Å²) in [5.74, 6) is 0.778. The zero-order valence-corrected chi connectivity index (χ0v) is 16.0. The van der Waals surface area contributed by atoms with Gasteiger partial charge < -0.3 is 4.74 Å². The van der Waals surface area contributed by atoms with Crippen molar-refractivity contribution in [3.63, 3.8) is 0 Å². The van der Waals surface area contributed by atoms with E-state index in [9.17, 15) is 4.79 Å². The number of benzene rings is 1. The Hall–Kier alpha value is -1.40. The van der Waals surface area contributed by atoms with Crippen molar-refractivity contribution in [2.24, 2.45) is 0 Å². The van der Waals surface area contributed by atoms with Gasteiger partial charge in [0.15, 0.2) is 5.16 Å². The molecule has 4 nitrogen and oxygen atoms in total. The molecule has 0 amide bonds. The van der Waals surface area contributed by atoms with E-state index >= 15 is 0 Å². The van der Waals surface area contributed by atoms with E-state index in [1.807, 2.05) is 24.3 Å². The van der Waals surface area contributed by atoms with Crippen molar-refractivity contribution in [1.82, 2.24) is 9.55 Å². The van der Waals surface area contributed by atoms with E-state index in [0.29, 0.717) is 10.5 Å². The summed E-state index contributed by atoms with van der Waals surface area (Å²) < 4.78 is 6.97. The molecule has 2 heterocycles. The Labute approximate surface area is 151 Å². The zero-order valence-electron chi connectivity index (χ0n) is 14.4. The van der Waals surface area contributed by atoms with Gasteiger partial charge in [-0.05, 0) is 30.7 Å². The average molecular weight is 363 g/mol. The van der Waals surface area contributed by atoms with Crippen LogP contribution in [0.2, 0.25) is 0 Å². The fourth-order valence-electron chi connectivity index (χ4n) is 2.60. The summed E-state index contributed by atoms with van der Waals surface area (Å²) in [6, 6.07) is 7.58. The summed E-state index contributed by atoms with van der Waals surface area (Å²) in [7, 11) is 1.64. The number of hydrogen-bond donors (Lipinski definition) is 0. The first-order valence-electron chi connectivity index (χ1n) is 8.17. The highest BCUT2D eigenvalue weighted by Crippen LogP contribution is 2.35. The highest BCUT2D eigenvalue weighted by molar-refractivity contribution is 8.00. The molecule has 6 heteroatoms. The molecule has 1 aliphatic heterocycles. The van der Waals surface area contributed by atoms with Gasteiger partial charge >= 0.3 is 0 Å². The standard InChI is InChI=1S/C18H22N2O2S2/c1-5-11(2)24-18-19-15-10-12(3)23-16(15)17(21)20(18)13-6-8-14(22-4)9-7-13/h6-9,11-12H,5,10H2,1-4H3. The first kappa shape index (κ1) is 17.4. The lowest BCUT2D eigenvalue weighted by Gasteiger charge is -2.16. The molecule has 0 saturated carbocycles. The Morgan fingerprint density at radius 2 is 2.12 bits per heavy atom. The number of rotatable bonds is 5. The third kappa shape index (κ3) is 3.35. The summed E-state index contributed by atoms with van der Waals surface area (Å²) in [4.78, 5) is 18.8. The van der Waals surface area contributed by atoms with Crippen molar-refractivity contribution in [3.05, 3.63) is 40.3 Å². The molecule has 3 rings (SSSR count). The molecule has 0 radical (unpaired) electrons. The fourth-order valence-corrected chi connectivity index (χ4v) is 4.69. The van der Waals surface area contributed by atoms with E-state index < -0.39 is 0 Å². The topological polar surface area (TPSA) is 44.1 Å². The van der Waals surface area contributed by atoms with Crippen LogP contribution in [0, 0.1) is 0 Å². The van der Waals surface area contributed by atoms with Crippen LogP contribution in [0.15, 0.2) is 39.1 Å². The summed E-state index contributed by atoms with van der Waals surface area (Å²) in [5.41, 5.74) is 1.83. The maximum absolute atomic E-state index is 13.1. The van der Waals surface area contributed by atoms with Gasteiger partial charge in [-0.25, -0.2) is 4.98 Å². The highest BCUT2D eigenvalue weighted by atomic mass is 32.2. The van der Waals surface area contributed by atoms with Crippen molar-refractivity contribution in [3.8, 4) is 11.4 Å². The summed E-state index contributed by atoms with van der Waals surface area (Å²) in [6.07, 6.45) is 1.90. The second kappa shape index (κ2) is 7.23. The molecule has 1 aromatic carbocycles. The monoisotopic (exact) mass is 362 g/mol. The average Bonchev–Trinajstić information content (AvgIpc) is 2.96. The molecule has 0 saturated heterocycles. The van der Waals surface area contributed by atoms with Gasteiger partial charge in [-0.2, -0.15) is 0 Å². The van der Waals surface area contributed by atoms with Crippen LogP contribution < -0.4 is 10.3 Å². The molecule has 0 spiro atoms. The molecule has 2 aromatic rings. The summed E-state index contributed by atoms with van der Waals surface area (Å²) in [6.45, 7) is 6.46. The van der Waals surface area contributed by atoms with Gasteiger partial charge in [0.25, 0.3) is 5.56 Å². The van der Waals surface area contributed by atoms with E-state index in [0.717, 1.165) is 40.0 Å². The van der Waals surface area contributed by atoms with Crippen molar-refractivity contribution in [2.75, 3.05) is 7.11 Å². The van der Waals surface area contributed by atoms with Crippen molar-refractivity contribution in [2.45, 2.75) is 54.2 Å². The lowest BCUT2D eigenvalue weighted by atomic mass is 10.2. The van der Waals surface area contributed by atoms with Crippen LogP contribution in [0.5, 0.6) is 5.75 Å². The maximum Gasteiger partial charge on any atom is 0.272 e. The molecule has 2 unspecified atom stereocenters. The fraction of sp³-hybridized carbons (Fsp3) is 0.444. The normalized spacial score (nSPS) is 17.6.